The topological polar surface area (TPSA) is 126 Å². The number of pyridine rings is 1. The standard InChI is InChI=1S/C30H23N5O4S/c1-19-18-27(34-39-19)35-40(37,38)22-16-14-21(15-17-22)31-28-23-10-5-6-13-26(23)33-29-24(28)11-7-12-25(29)30(36)32-20-8-3-2-4-9-20/h2-18H,1H3,(H,31,33)(H,32,36)(H,34,35). The molecule has 0 saturated heterocycles. The first-order valence-corrected chi connectivity index (χ1v) is 13.9. The number of hydrogen-bond donors (Lipinski definition) is 3. The molecule has 6 aromatic rings. The lowest BCUT2D eigenvalue weighted by Gasteiger charge is -2.15. The molecule has 9 nitrogen and oxygen atoms in total. The van der Waals surface area contributed by atoms with Crippen molar-refractivity contribution < 1.29 is 17.7 Å². The van der Waals surface area contributed by atoms with E-state index in [9.17, 15) is 13.2 Å². The molecular formula is C30H23N5O4S. The fourth-order valence-electron chi connectivity index (χ4n) is 4.42. The minimum absolute atomic E-state index is 0.0722. The zero-order valence-corrected chi connectivity index (χ0v) is 22.1. The van der Waals surface area contributed by atoms with E-state index in [1.807, 2.05) is 66.7 Å². The maximum absolute atomic E-state index is 13.3. The molecular weight excluding hydrogens is 526 g/mol. The largest absolute Gasteiger partial charge is 0.360 e. The van der Waals surface area contributed by atoms with Gasteiger partial charge in [0.05, 0.1) is 27.2 Å². The highest BCUT2D eigenvalue weighted by molar-refractivity contribution is 7.92. The SMILES string of the molecule is Cc1cc(NS(=O)(=O)c2ccc(Nc3c4ccccc4nc4c(C(=O)Nc5ccccc5)cccc34)cc2)no1. The lowest BCUT2D eigenvalue weighted by Crippen LogP contribution is -2.13. The van der Waals surface area contributed by atoms with Crippen LogP contribution in [0.5, 0.6) is 0 Å². The molecule has 0 atom stereocenters. The van der Waals surface area contributed by atoms with Gasteiger partial charge in [-0.25, -0.2) is 13.4 Å². The van der Waals surface area contributed by atoms with Gasteiger partial charge < -0.3 is 15.2 Å². The third-order valence-corrected chi connectivity index (χ3v) is 7.66. The second-order valence-corrected chi connectivity index (χ2v) is 10.8. The Hall–Kier alpha value is -5.22. The highest BCUT2D eigenvalue weighted by atomic mass is 32.2. The molecule has 0 radical (unpaired) electrons. The number of aryl methyl sites for hydroxylation is 1. The molecule has 0 unspecified atom stereocenters. The molecule has 198 valence electrons. The maximum atomic E-state index is 13.3. The van der Waals surface area contributed by atoms with E-state index in [0.717, 1.165) is 16.5 Å². The first kappa shape index (κ1) is 25.1. The quantitative estimate of drug-likeness (QED) is 0.195. The number of hydrogen-bond acceptors (Lipinski definition) is 7. The van der Waals surface area contributed by atoms with Gasteiger partial charge in [-0.1, -0.05) is 53.7 Å². The van der Waals surface area contributed by atoms with Crippen molar-refractivity contribution in [3.8, 4) is 0 Å². The summed E-state index contributed by atoms with van der Waals surface area (Å²) in [4.78, 5) is 18.2. The van der Waals surface area contributed by atoms with E-state index >= 15 is 0 Å². The summed E-state index contributed by atoms with van der Waals surface area (Å²) in [6.07, 6.45) is 0. The average molecular weight is 550 g/mol. The number of para-hydroxylation sites is 3. The van der Waals surface area contributed by atoms with E-state index in [1.165, 1.54) is 18.2 Å². The van der Waals surface area contributed by atoms with Crippen LogP contribution in [0.1, 0.15) is 16.1 Å². The number of carbonyl (C=O) groups excluding carboxylic acids is 1. The number of nitrogens with zero attached hydrogens (tertiary/aromatic N) is 2. The Labute approximate surface area is 229 Å². The Balaban J connectivity index is 1.36. The van der Waals surface area contributed by atoms with E-state index < -0.39 is 10.0 Å². The molecule has 6 rings (SSSR count). The lowest BCUT2D eigenvalue weighted by molar-refractivity contribution is 0.102. The summed E-state index contributed by atoms with van der Waals surface area (Å²) in [7, 11) is -3.85. The number of nitrogens with one attached hydrogen (secondary N) is 3. The van der Waals surface area contributed by atoms with Gasteiger partial charge in [-0.2, -0.15) is 0 Å². The second kappa shape index (κ2) is 10.2. The zero-order chi connectivity index (χ0) is 27.7. The number of aromatic nitrogens is 2. The fourth-order valence-corrected chi connectivity index (χ4v) is 5.41. The number of amides is 1. The van der Waals surface area contributed by atoms with Gasteiger partial charge in [0, 0.05) is 28.2 Å². The van der Waals surface area contributed by atoms with Crippen molar-refractivity contribution in [1.82, 2.24) is 10.1 Å². The minimum atomic E-state index is -3.85. The van der Waals surface area contributed by atoms with Crippen LogP contribution in [-0.2, 0) is 10.0 Å². The van der Waals surface area contributed by atoms with Gasteiger partial charge in [0.15, 0.2) is 5.82 Å². The molecule has 0 bridgehead atoms. The highest BCUT2D eigenvalue weighted by Gasteiger charge is 2.18. The molecule has 0 saturated carbocycles. The Bertz CT molecular complexity index is 1970. The van der Waals surface area contributed by atoms with Crippen LogP contribution in [0.3, 0.4) is 0 Å². The van der Waals surface area contributed by atoms with Crippen LogP contribution in [0.25, 0.3) is 21.8 Å². The van der Waals surface area contributed by atoms with Crippen LogP contribution in [0.4, 0.5) is 22.9 Å². The third-order valence-electron chi connectivity index (χ3n) is 6.29. The van der Waals surface area contributed by atoms with Gasteiger partial charge >= 0.3 is 0 Å². The van der Waals surface area contributed by atoms with Crippen molar-refractivity contribution in [2.45, 2.75) is 11.8 Å². The smallest absolute Gasteiger partial charge is 0.263 e. The molecule has 3 N–H and O–H groups in total. The summed E-state index contributed by atoms with van der Waals surface area (Å²) >= 11 is 0. The van der Waals surface area contributed by atoms with E-state index in [-0.39, 0.29) is 16.6 Å². The molecule has 10 heteroatoms. The van der Waals surface area contributed by atoms with Crippen LogP contribution >= 0.6 is 0 Å². The van der Waals surface area contributed by atoms with E-state index in [1.54, 1.807) is 25.1 Å². The Kier molecular flexibility index (Phi) is 6.37. The first-order chi connectivity index (χ1) is 19.4. The van der Waals surface area contributed by atoms with Crippen LogP contribution in [-0.4, -0.2) is 24.5 Å². The lowest BCUT2D eigenvalue weighted by atomic mass is 10.0. The van der Waals surface area contributed by atoms with E-state index in [2.05, 4.69) is 20.5 Å². The summed E-state index contributed by atoms with van der Waals surface area (Å²) in [5.41, 5.74) is 3.79. The van der Waals surface area contributed by atoms with Crippen molar-refractivity contribution in [3.63, 3.8) is 0 Å². The number of rotatable bonds is 7. The predicted octanol–water partition coefficient (Wildman–Crippen LogP) is 6.48. The number of anilines is 4. The van der Waals surface area contributed by atoms with Crippen molar-refractivity contribution in [2.24, 2.45) is 0 Å². The van der Waals surface area contributed by atoms with Gasteiger partial charge in [-0.3, -0.25) is 9.52 Å². The van der Waals surface area contributed by atoms with Crippen LogP contribution in [0.2, 0.25) is 0 Å². The van der Waals surface area contributed by atoms with Gasteiger partial charge in [0.25, 0.3) is 15.9 Å². The third kappa shape index (κ3) is 4.95. The molecule has 4 aromatic carbocycles. The Morgan fingerprint density at radius 2 is 1.52 bits per heavy atom. The van der Waals surface area contributed by atoms with Crippen molar-refractivity contribution in [2.75, 3.05) is 15.4 Å². The van der Waals surface area contributed by atoms with Gasteiger partial charge in [0.2, 0.25) is 0 Å². The molecule has 40 heavy (non-hydrogen) atoms. The summed E-state index contributed by atoms with van der Waals surface area (Å²) < 4.78 is 33.0. The molecule has 0 aliphatic heterocycles. The van der Waals surface area contributed by atoms with E-state index in [0.29, 0.717) is 33.7 Å². The second-order valence-electron chi connectivity index (χ2n) is 9.10. The zero-order valence-electron chi connectivity index (χ0n) is 21.3. The molecule has 2 heterocycles. The summed E-state index contributed by atoms with van der Waals surface area (Å²) in [6, 6.07) is 30.2. The summed E-state index contributed by atoms with van der Waals surface area (Å²) in [5.74, 6) is 0.339. The normalized spacial score (nSPS) is 11.4. The molecule has 0 aliphatic rings. The molecule has 0 spiro atoms. The van der Waals surface area contributed by atoms with Crippen LogP contribution in [0.15, 0.2) is 113 Å². The average Bonchev–Trinajstić information content (AvgIpc) is 3.37. The van der Waals surface area contributed by atoms with Crippen molar-refractivity contribution in [3.05, 3.63) is 114 Å². The van der Waals surface area contributed by atoms with E-state index in [4.69, 9.17) is 9.51 Å². The number of fused-ring (bicyclic) bond motifs is 2. The number of sulfonamides is 1. The number of benzene rings is 4. The van der Waals surface area contributed by atoms with Gasteiger partial charge in [0.1, 0.15) is 5.76 Å². The monoisotopic (exact) mass is 549 g/mol. The van der Waals surface area contributed by atoms with Gasteiger partial charge in [-0.05, 0) is 55.5 Å². The molecule has 0 aliphatic carbocycles. The van der Waals surface area contributed by atoms with Crippen LogP contribution in [0, 0.1) is 6.92 Å². The fraction of sp³-hybridized carbons (Fsp3) is 0.0333. The minimum Gasteiger partial charge on any atom is -0.360 e. The number of carbonyl (C=O) groups is 1. The maximum Gasteiger partial charge on any atom is 0.263 e. The van der Waals surface area contributed by atoms with Crippen LogP contribution < -0.4 is 15.4 Å². The van der Waals surface area contributed by atoms with Gasteiger partial charge in [-0.15, -0.1) is 0 Å². The molecule has 1 amide bonds. The van der Waals surface area contributed by atoms with Crippen molar-refractivity contribution in [1.29, 1.82) is 0 Å². The summed E-state index contributed by atoms with van der Waals surface area (Å²) in [5, 5.41) is 11.7. The molecule has 0 fully saturated rings. The van der Waals surface area contributed by atoms with Crippen molar-refractivity contribution >= 4 is 60.6 Å². The summed E-state index contributed by atoms with van der Waals surface area (Å²) in [6.45, 7) is 1.68. The first-order valence-electron chi connectivity index (χ1n) is 12.4. The highest BCUT2D eigenvalue weighted by Crippen LogP contribution is 2.35. The Morgan fingerprint density at radius 3 is 2.27 bits per heavy atom. The molecule has 2 aromatic heterocycles. The Morgan fingerprint density at radius 1 is 0.800 bits per heavy atom. The predicted molar refractivity (Wildman–Crippen MR) is 155 cm³/mol.